The van der Waals surface area contributed by atoms with Crippen LogP contribution in [0.1, 0.15) is 65.7 Å². The molecule has 0 spiro atoms. The third-order valence-corrected chi connectivity index (χ3v) is 3.91. The second kappa shape index (κ2) is 8.11. The van der Waals surface area contributed by atoms with Crippen LogP contribution in [0.2, 0.25) is 0 Å². The molecule has 0 amide bonds. The molecule has 0 N–H and O–H groups in total. The van der Waals surface area contributed by atoms with Crippen LogP contribution in [0.15, 0.2) is 0 Å². The van der Waals surface area contributed by atoms with Crippen molar-refractivity contribution >= 4 is 0 Å². The lowest BCUT2D eigenvalue weighted by atomic mass is 9.92. The first-order chi connectivity index (χ1) is 7.72. The maximum atomic E-state index is 2.69. The van der Waals surface area contributed by atoms with Crippen LogP contribution in [0.4, 0.5) is 0 Å². The summed E-state index contributed by atoms with van der Waals surface area (Å²) in [5.41, 5.74) is 0. The first kappa shape index (κ1) is 14.0. The van der Waals surface area contributed by atoms with E-state index in [1.54, 1.807) is 0 Å². The number of hydrogen-bond donors (Lipinski definition) is 0. The molecule has 1 heteroatoms. The summed E-state index contributed by atoms with van der Waals surface area (Å²) in [6.45, 7) is 11.1. The fourth-order valence-electron chi connectivity index (χ4n) is 2.79. The highest BCUT2D eigenvalue weighted by atomic mass is 15.1. The molecule has 1 nitrogen and oxygen atoms in total. The van der Waals surface area contributed by atoms with Crippen LogP contribution in [-0.2, 0) is 0 Å². The Morgan fingerprint density at radius 1 is 1.12 bits per heavy atom. The van der Waals surface area contributed by atoms with Crippen LogP contribution in [0.5, 0.6) is 0 Å². The van der Waals surface area contributed by atoms with Gasteiger partial charge in [-0.3, -0.25) is 0 Å². The van der Waals surface area contributed by atoms with Crippen molar-refractivity contribution in [1.29, 1.82) is 0 Å². The minimum atomic E-state index is 0.885. The average Bonchev–Trinajstić information content (AvgIpc) is 2.27. The quantitative estimate of drug-likeness (QED) is 0.583. The Balaban J connectivity index is 1.99. The van der Waals surface area contributed by atoms with E-state index in [0.29, 0.717) is 0 Å². The van der Waals surface area contributed by atoms with E-state index in [4.69, 9.17) is 0 Å². The van der Waals surface area contributed by atoms with Gasteiger partial charge in [-0.25, -0.2) is 0 Å². The van der Waals surface area contributed by atoms with Crippen molar-refractivity contribution < 1.29 is 0 Å². The molecule has 16 heavy (non-hydrogen) atoms. The van der Waals surface area contributed by atoms with Gasteiger partial charge < -0.3 is 4.90 Å². The van der Waals surface area contributed by atoms with E-state index in [1.807, 2.05) is 0 Å². The van der Waals surface area contributed by atoms with Crippen LogP contribution in [-0.4, -0.2) is 24.5 Å². The molecule has 0 radical (unpaired) electrons. The smallest absolute Gasteiger partial charge is 0.00161 e. The molecule has 1 rings (SSSR count). The Labute approximate surface area is 103 Å². The van der Waals surface area contributed by atoms with Gasteiger partial charge in [-0.05, 0) is 50.7 Å². The fraction of sp³-hybridized carbons (Fsp3) is 1.00. The highest BCUT2D eigenvalue weighted by Gasteiger charge is 2.17. The van der Waals surface area contributed by atoms with Gasteiger partial charge in [0, 0.05) is 0 Å². The maximum Gasteiger partial charge on any atom is -0.00161 e. The van der Waals surface area contributed by atoms with Gasteiger partial charge in [-0.15, -0.1) is 0 Å². The molecule has 0 unspecified atom stereocenters. The van der Waals surface area contributed by atoms with E-state index in [1.165, 1.54) is 64.6 Å². The molecule has 1 heterocycles. The lowest BCUT2D eigenvalue weighted by Crippen LogP contribution is -2.34. The van der Waals surface area contributed by atoms with Crippen molar-refractivity contribution in [3.8, 4) is 0 Å². The monoisotopic (exact) mass is 225 g/mol. The second-order valence-electron chi connectivity index (χ2n) is 5.96. The molecule has 0 bridgehead atoms. The first-order valence-corrected chi connectivity index (χ1v) is 7.44. The highest BCUT2D eigenvalue weighted by Crippen LogP contribution is 2.21. The summed E-state index contributed by atoms with van der Waals surface area (Å²) in [4.78, 5) is 2.69. The number of unbranched alkanes of at least 4 members (excludes halogenated alkanes) is 1. The molecule has 1 aliphatic rings. The Kier molecular flexibility index (Phi) is 7.11. The molecule has 0 aromatic rings. The van der Waals surface area contributed by atoms with E-state index in [9.17, 15) is 0 Å². The molecule has 1 fully saturated rings. The zero-order valence-electron chi connectivity index (χ0n) is 11.7. The third kappa shape index (κ3) is 5.89. The summed E-state index contributed by atoms with van der Waals surface area (Å²) in [5, 5.41) is 0. The lowest BCUT2D eigenvalue weighted by molar-refractivity contribution is 0.175. The predicted molar refractivity (Wildman–Crippen MR) is 72.8 cm³/mol. The Bertz CT molecular complexity index is 157. The molecule has 0 aromatic carbocycles. The van der Waals surface area contributed by atoms with E-state index in [2.05, 4.69) is 25.7 Å². The number of hydrogen-bond acceptors (Lipinski definition) is 1. The molecule has 96 valence electrons. The SMILES string of the molecule is CCCC1CCN(CCCCC(C)C)CC1. The Morgan fingerprint density at radius 3 is 2.38 bits per heavy atom. The molecule has 0 saturated carbocycles. The van der Waals surface area contributed by atoms with Crippen LogP contribution in [0, 0.1) is 11.8 Å². The summed E-state index contributed by atoms with van der Waals surface area (Å²) >= 11 is 0. The predicted octanol–water partition coefficient (Wildman–Crippen LogP) is 4.32. The molecule has 0 aromatic heterocycles. The van der Waals surface area contributed by atoms with Crippen molar-refractivity contribution in [3.05, 3.63) is 0 Å². The van der Waals surface area contributed by atoms with Gasteiger partial charge in [-0.2, -0.15) is 0 Å². The topological polar surface area (TPSA) is 3.24 Å². The summed E-state index contributed by atoms with van der Waals surface area (Å²) in [6, 6.07) is 0. The van der Waals surface area contributed by atoms with Crippen LogP contribution in [0.3, 0.4) is 0 Å². The van der Waals surface area contributed by atoms with Gasteiger partial charge in [0.2, 0.25) is 0 Å². The van der Waals surface area contributed by atoms with Gasteiger partial charge in [0.25, 0.3) is 0 Å². The standard InChI is InChI=1S/C15H31N/c1-4-7-15-9-12-16(13-10-15)11-6-5-8-14(2)3/h14-15H,4-13H2,1-3H3. The van der Waals surface area contributed by atoms with Crippen molar-refractivity contribution in [2.75, 3.05) is 19.6 Å². The summed E-state index contributed by atoms with van der Waals surface area (Å²) in [6.07, 6.45) is 9.99. The van der Waals surface area contributed by atoms with Crippen molar-refractivity contribution in [3.63, 3.8) is 0 Å². The van der Waals surface area contributed by atoms with E-state index >= 15 is 0 Å². The Hall–Kier alpha value is -0.0400. The van der Waals surface area contributed by atoms with Crippen molar-refractivity contribution in [1.82, 2.24) is 4.90 Å². The maximum absolute atomic E-state index is 2.69. The Morgan fingerprint density at radius 2 is 1.81 bits per heavy atom. The third-order valence-electron chi connectivity index (χ3n) is 3.91. The number of rotatable bonds is 7. The average molecular weight is 225 g/mol. The van der Waals surface area contributed by atoms with Gasteiger partial charge in [0.1, 0.15) is 0 Å². The zero-order valence-corrected chi connectivity index (χ0v) is 11.7. The molecule has 1 saturated heterocycles. The van der Waals surface area contributed by atoms with Crippen LogP contribution in [0.25, 0.3) is 0 Å². The fourth-order valence-corrected chi connectivity index (χ4v) is 2.79. The van der Waals surface area contributed by atoms with Crippen molar-refractivity contribution in [2.24, 2.45) is 11.8 Å². The van der Waals surface area contributed by atoms with E-state index in [-0.39, 0.29) is 0 Å². The molecule has 0 atom stereocenters. The van der Waals surface area contributed by atoms with Crippen LogP contribution >= 0.6 is 0 Å². The van der Waals surface area contributed by atoms with Gasteiger partial charge in [0.15, 0.2) is 0 Å². The summed E-state index contributed by atoms with van der Waals surface area (Å²) < 4.78 is 0. The van der Waals surface area contributed by atoms with E-state index in [0.717, 1.165) is 11.8 Å². The first-order valence-electron chi connectivity index (χ1n) is 7.44. The normalized spacial score (nSPS) is 19.5. The number of piperidine rings is 1. The minimum Gasteiger partial charge on any atom is -0.303 e. The molecular weight excluding hydrogens is 194 g/mol. The van der Waals surface area contributed by atoms with Gasteiger partial charge >= 0.3 is 0 Å². The van der Waals surface area contributed by atoms with Gasteiger partial charge in [0.05, 0.1) is 0 Å². The number of nitrogens with zero attached hydrogens (tertiary/aromatic N) is 1. The summed E-state index contributed by atoms with van der Waals surface area (Å²) in [5.74, 6) is 1.92. The lowest BCUT2D eigenvalue weighted by Gasteiger charge is -2.31. The zero-order chi connectivity index (χ0) is 11.8. The molecular formula is C15H31N. The molecule has 0 aliphatic carbocycles. The minimum absolute atomic E-state index is 0.885. The van der Waals surface area contributed by atoms with Gasteiger partial charge in [-0.1, -0.05) is 46.5 Å². The molecule has 1 aliphatic heterocycles. The highest BCUT2D eigenvalue weighted by molar-refractivity contribution is 4.71. The second-order valence-corrected chi connectivity index (χ2v) is 5.96. The van der Waals surface area contributed by atoms with Crippen molar-refractivity contribution in [2.45, 2.75) is 65.7 Å². The van der Waals surface area contributed by atoms with Crippen LogP contribution < -0.4 is 0 Å². The summed E-state index contributed by atoms with van der Waals surface area (Å²) in [7, 11) is 0. The van der Waals surface area contributed by atoms with E-state index < -0.39 is 0 Å². The number of likely N-dealkylation sites (tertiary alicyclic amines) is 1. The largest absolute Gasteiger partial charge is 0.303 e.